The van der Waals surface area contributed by atoms with E-state index in [4.69, 9.17) is 4.74 Å². The van der Waals surface area contributed by atoms with Crippen LogP contribution in [-0.4, -0.2) is 21.4 Å². The van der Waals surface area contributed by atoms with E-state index in [1.54, 1.807) is 6.07 Å². The fourth-order valence-corrected chi connectivity index (χ4v) is 2.41. The van der Waals surface area contributed by atoms with Crippen molar-refractivity contribution >= 4 is 22.8 Å². The molecule has 3 rings (SSSR count). The number of benzene rings is 1. The van der Waals surface area contributed by atoms with E-state index in [9.17, 15) is 10.1 Å². The lowest BCUT2D eigenvalue weighted by atomic mass is 10.2. The molecule has 0 saturated carbocycles. The number of azo groups is 1. The Balaban J connectivity index is 2.03. The molecule has 0 unspecified atom stereocenters. The van der Waals surface area contributed by atoms with Gasteiger partial charge in [0.15, 0.2) is 11.6 Å². The number of hydrogen-bond acceptors (Lipinski definition) is 6. The third-order valence-electron chi connectivity index (χ3n) is 3.61. The Morgan fingerprint density at radius 2 is 2.04 bits per heavy atom. The number of rotatable bonds is 4. The van der Waals surface area contributed by atoms with Crippen LogP contribution in [0.25, 0.3) is 5.65 Å². The second-order valence-electron chi connectivity index (χ2n) is 5.22. The van der Waals surface area contributed by atoms with Crippen molar-refractivity contribution < 1.29 is 9.66 Å². The lowest BCUT2D eigenvalue weighted by Gasteiger charge is -2.01. The van der Waals surface area contributed by atoms with Crippen molar-refractivity contribution in [2.45, 2.75) is 13.8 Å². The van der Waals surface area contributed by atoms with Gasteiger partial charge in [-0.05, 0) is 37.6 Å². The van der Waals surface area contributed by atoms with Gasteiger partial charge in [0.05, 0.1) is 23.4 Å². The first-order valence-electron chi connectivity index (χ1n) is 7.19. The Morgan fingerprint density at radius 1 is 1.25 bits per heavy atom. The Morgan fingerprint density at radius 3 is 2.75 bits per heavy atom. The van der Waals surface area contributed by atoms with Crippen LogP contribution < -0.4 is 4.74 Å². The summed E-state index contributed by atoms with van der Waals surface area (Å²) >= 11 is 0. The number of ether oxygens (including phenoxy) is 1. The van der Waals surface area contributed by atoms with E-state index in [2.05, 4.69) is 15.2 Å². The molecule has 0 saturated heterocycles. The van der Waals surface area contributed by atoms with Crippen molar-refractivity contribution in [3.63, 3.8) is 0 Å². The summed E-state index contributed by atoms with van der Waals surface area (Å²) in [5.74, 6) is 0.771. The average Bonchev–Trinajstić information content (AvgIpc) is 2.89. The summed E-state index contributed by atoms with van der Waals surface area (Å²) in [4.78, 5) is 15.0. The Hall–Kier alpha value is -3.29. The number of methoxy groups -OCH3 is 1. The van der Waals surface area contributed by atoms with Gasteiger partial charge in [-0.1, -0.05) is 6.07 Å². The second-order valence-corrected chi connectivity index (χ2v) is 5.22. The molecule has 0 aliphatic rings. The van der Waals surface area contributed by atoms with Gasteiger partial charge in [0.2, 0.25) is 0 Å². The fourth-order valence-electron chi connectivity index (χ4n) is 2.41. The predicted octanol–water partition coefficient (Wildman–Crippen LogP) is 4.28. The normalized spacial score (nSPS) is 11.3. The lowest BCUT2D eigenvalue weighted by molar-refractivity contribution is -0.385. The van der Waals surface area contributed by atoms with Gasteiger partial charge in [0, 0.05) is 12.3 Å². The molecule has 0 aliphatic carbocycles. The van der Waals surface area contributed by atoms with Crippen LogP contribution in [0.5, 0.6) is 5.75 Å². The molecule has 0 aliphatic heterocycles. The lowest BCUT2D eigenvalue weighted by Crippen LogP contribution is -1.92. The smallest absolute Gasteiger partial charge is 0.313 e. The van der Waals surface area contributed by atoms with Gasteiger partial charge in [-0.25, -0.2) is 4.98 Å². The zero-order valence-corrected chi connectivity index (χ0v) is 13.4. The zero-order chi connectivity index (χ0) is 17.3. The maximum absolute atomic E-state index is 11.1. The summed E-state index contributed by atoms with van der Waals surface area (Å²) in [5.41, 5.74) is 2.78. The third-order valence-corrected chi connectivity index (χ3v) is 3.61. The highest BCUT2D eigenvalue weighted by Gasteiger charge is 2.15. The minimum Gasteiger partial charge on any atom is -0.490 e. The van der Waals surface area contributed by atoms with Gasteiger partial charge in [0.25, 0.3) is 0 Å². The molecule has 0 radical (unpaired) electrons. The molecule has 0 fully saturated rings. The minimum atomic E-state index is -0.513. The Labute approximate surface area is 137 Å². The summed E-state index contributed by atoms with van der Waals surface area (Å²) in [5, 5.41) is 19.4. The summed E-state index contributed by atoms with van der Waals surface area (Å²) < 4.78 is 6.81. The van der Waals surface area contributed by atoms with Gasteiger partial charge < -0.3 is 4.74 Å². The number of nitro groups is 1. The van der Waals surface area contributed by atoms with Gasteiger partial charge in [-0.2, -0.15) is 0 Å². The van der Waals surface area contributed by atoms with Crippen molar-refractivity contribution in [1.29, 1.82) is 0 Å². The maximum atomic E-state index is 11.1. The van der Waals surface area contributed by atoms with E-state index in [1.165, 1.54) is 19.2 Å². The molecule has 1 aromatic carbocycles. The van der Waals surface area contributed by atoms with Crippen LogP contribution in [0.1, 0.15) is 11.3 Å². The van der Waals surface area contributed by atoms with Crippen LogP contribution in [0, 0.1) is 24.0 Å². The first kappa shape index (κ1) is 15.6. The van der Waals surface area contributed by atoms with E-state index in [-0.39, 0.29) is 11.4 Å². The van der Waals surface area contributed by atoms with Gasteiger partial charge in [0.1, 0.15) is 5.65 Å². The van der Waals surface area contributed by atoms with Crippen LogP contribution in [0.4, 0.5) is 17.2 Å². The standard InChI is InChI=1S/C16H15N5O3/c1-10-5-4-8-20-15(10)17-11(2)16(20)19-18-12-6-7-14(24-3)13(9-12)21(22)23/h4-9H,1-3H3. The maximum Gasteiger partial charge on any atom is 0.313 e. The van der Waals surface area contributed by atoms with E-state index < -0.39 is 4.92 Å². The molecule has 2 heterocycles. The van der Waals surface area contributed by atoms with Crippen LogP contribution in [0.2, 0.25) is 0 Å². The first-order chi connectivity index (χ1) is 11.5. The van der Waals surface area contributed by atoms with Gasteiger partial charge in [-0.3, -0.25) is 14.5 Å². The number of aromatic nitrogens is 2. The molecule has 0 N–H and O–H groups in total. The quantitative estimate of drug-likeness (QED) is 0.406. The summed E-state index contributed by atoms with van der Waals surface area (Å²) in [6.07, 6.45) is 1.85. The first-order valence-corrected chi connectivity index (χ1v) is 7.19. The molecule has 3 aromatic rings. The van der Waals surface area contributed by atoms with Crippen LogP contribution >= 0.6 is 0 Å². The molecule has 8 nitrogen and oxygen atoms in total. The Kier molecular flexibility index (Phi) is 3.95. The van der Waals surface area contributed by atoms with E-state index in [1.807, 2.05) is 36.6 Å². The second kappa shape index (κ2) is 6.07. The molecule has 0 bridgehead atoms. The number of nitrogens with zero attached hydrogens (tertiary/aromatic N) is 5. The van der Waals surface area contributed by atoms with Crippen LogP contribution in [0.15, 0.2) is 46.8 Å². The number of hydrogen-bond donors (Lipinski definition) is 0. The van der Waals surface area contributed by atoms with Crippen molar-refractivity contribution in [2.75, 3.05) is 7.11 Å². The highest BCUT2D eigenvalue weighted by molar-refractivity contribution is 5.58. The summed E-state index contributed by atoms with van der Waals surface area (Å²) in [7, 11) is 1.38. The molecule has 24 heavy (non-hydrogen) atoms. The number of pyridine rings is 1. The third kappa shape index (κ3) is 2.69. The summed E-state index contributed by atoms with van der Waals surface area (Å²) in [6, 6.07) is 8.31. The largest absolute Gasteiger partial charge is 0.490 e. The molecule has 8 heteroatoms. The fraction of sp³-hybridized carbons (Fsp3) is 0.188. The number of nitro benzene ring substituents is 1. The molecular formula is C16H15N5O3. The topological polar surface area (TPSA) is 94.4 Å². The predicted molar refractivity (Wildman–Crippen MR) is 88.5 cm³/mol. The molecule has 0 atom stereocenters. The Bertz CT molecular complexity index is 962. The molecule has 0 spiro atoms. The molecule has 2 aromatic heterocycles. The number of imidazole rings is 1. The van der Waals surface area contributed by atoms with E-state index in [0.717, 1.165) is 16.9 Å². The highest BCUT2D eigenvalue weighted by Crippen LogP contribution is 2.32. The average molecular weight is 325 g/mol. The van der Waals surface area contributed by atoms with E-state index >= 15 is 0 Å². The highest BCUT2D eigenvalue weighted by atomic mass is 16.6. The monoisotopic (exact) mass is 325 g/mol. The van der Waals surface area contributed by atoms with Crippen molar-refractivity contribution in [2.24, 2.45) is 10.2 Å². The molecule has 0 amide bonds. The summed E-state index contributed by atoms with van der Waals surface area (Å²) in [6.45, 7) is 3.81. The molecule has 122 valence electrons. The van der Waals surface area contributed by atoms with Crippen molar-refractivity contribution in [1.82, 2.24) is 9.38 Å². The van der Waals surface area contributed by atoms with Crippen molar-refractivity contribution in [3.05, 3.63) is 57.9 Å². The van der Waals surface area contributed by atoms with Crippen molar-refractivity contribution in [3.8, 4) is 5.75 Å². The van der Waals surface area contributed by atoms with Crippen LogP contribution in [0.3, 0.4) is 0 Å². The van der Waals surface area contributed by atoms with Gasteiger partial charge >= 0.3 is 5.69 Å². The van der Waals surface area contributed by atoms with Crippen LogP contribution in [-0.2, 0) is 0 Å². The van der Waals surface area contributed by atoms with Gasteiger partial charge in [-0.15, -0.1) is 10.2 Å². The SMILES string of the molecule is COc1ccc(N=Nc2c(C)nc3c(C)cccn23)cc1[N+](=O)[O-]. The zero-order valence-electron chi connectivity index (χ0n) is 13.4. The molecular weight excluding hydrogens is 310 g/mol. The number of aryl methyl sites for hydroxylation is 2. The number of fused-ring (bicyclic) bond motifs is 1. The van der Waals surface area contributed by atoms with E-state index in [0.29, 0.717) is 11.5 Å². The minimum absolute atomic E-state index is 0.153.